The summed E-state index contributed by atoms with van der Waals surface area (Å²) < 4.78 is 1.74. The van der Waals surface area contributed by atoms with Gasteiger partial charge in [-0.05, 0) is 49.2 Å². The number of fused-ring (bicyclic) bond motifs is 1. The van der Waals surface area contributed by atoms with E-state index in [-0.39, 0.29) is 23.2 Å². The summed E-state index contributed by atoms with van der Waals surface area (Å²) in [7, 11) is 0. The Kier molecular flexibility index (Phi) is 4.41. The summed E-state index contributed by atoms with van der Waals surface area (Å²) in [6.45, 7) is 4.06. The Morgan fingerprint density at radius 1 is 1.28 bits per heavy atom. The first-order valence-electron chi connectivity index (χ1n) is 7.51. The zero-order chi connectivity index (χ0) is 18.1. The summed E-state index contributed by atoms with van der Waals surface area (Å²) in [5.74, 6) is -0.311. The molecular weight excluding hydrogens is 344 g/mol. The van der Waals surface area contributed by atoms with E-state index in [2.05, 4.69) is 10.3 Å². The molecule has 0 aliphatic carbocycles. The van der Waals surface area contributed by atoms with Crippen molar-refractivity contribution in [3.8, 4) is 0 Å². The molecule has 0 aliphatic heterocycles. The van der Waals surface area contributed by atoms with Crippen LogP contribution in [0, 0.1) is 24.0 Å². The second-order valence-corrected chi connectivity index (χ2v) is 6.18. The van der Waals surface area contributed by atoms with Gasteiger partial charge in [0.05, 0.1) is 22.3 Å². The smallest absolute Gasteiger partial charge is 0.289 e. The molecule has 8 heteroatoms. The van der Waals surface area contributed by atoms with E-state index in [0.717, 1.165) is 22.2 Å². The molecule has 1 amide bonds. The van der Waals surface area contributed by atoms with Gasteiger partial charge in [-0.15, -0.1) is 0 Å². The van der Waals surface area contributed by atoms with Gasteiger partial charge < -0.3 is 9.88 Å². The zero-order valence-corrected chi connectivity index (χ0v) is 14.4. The summed E-state index contributed by atoms with van der Waals surface area (Å²) in [4.78, 5) is 26.9. The molecule has 2 aromatic carbocycles. The van der Waals surface area contributed by atoms with Crippen LogP contribution in [0.1, 0.15) is 11.1 Å². The minimum Gasteiger partial charge on any atom is -0.324 e. The second kappa shape index (κ2) is 6.52. The maximum absolute atomic E-state index is 12.3. The Morgan fingerprint density at radius 2 is 2.00 bits per heavy atom. The SMILES string of the molecule is Cc1cc2ncn(CC(=O)Nc3ccc(Cl)c([N+](=O)[O-])c3)c2cc1C. The Bertz CT molecular complexity index is 997. The minimum absolute atomic E-state index is 0.0226. The molecule has 0 spiro atoms. The van der Waals surface area contributed by atoms with Crippen LogP contribution in [0.3, 0.4) is 0 Å². The summed E-state index contributed by atoms with van der Waals surface area (Å²) in [6.07, 6.45) is 1.60. The van der Waals surface area contributed by atoms with Gasteiger partial charge in [-0.25, -0.2) is 4.98 Å². The van der Waals surface area contributed by atoms with Gasteiger partial charge in [0.1, 0.15) is 11.6 Å². The Balaban J connectivity index is 1.80. The molecule has 0 radical (unpaired) electrons. The number of nitrogens with zero attached hydrogens (tertiary/aromatic N) is 3. The fourth-order valence-electron chi connectivity index (χ4n) is 2.52. The molecule has 0 unspecified atom stereocenters. The monoisotopic (exact) mass is 358 g/mol. The van der Waals surface area contributed by atoms with Gasteiger partial charge in [0.15, 0.2) is 0 Å². The number of rotatable bonds is 4. The molecule has 1 N–H and O–H groups in total. The molecule has 0 atom stereocenters. The van der Waals surface area contributed by atoms with Gasteiger partial charge in [-0.2, -0.15) is 0 Å². The van der Waals surface area contributed by atoms with E-state index in [4.69, 9.17) is 11.6 Å². The fraction of sp³-hybridized carbons (Fsp3) is 0.176. The molecule has 7 nitrogen and oxygen atoms in total. The van der Waals surface area contributed by atoms with Gasteiger partial charge in [0.25, 0.3) is 5.69 Å². The number of amides is 1. The van der Waals surface area contributed by atoms with Crippen LogP contribution in [0.4, 0.5) is 11.4 Å². The quantitative estimate of drug-likeness (QED) is 0.566. The van der Waals surface area contributed by atoms with Crippen LogP contribution in [0.5, 0.6) is 0 Å². The molecular formula is C17H15ClN4O3. The van der Waals surface area contributed by atoms with Gasteiger partial charge in [0, 0.05) is 11.8 Å². The molecule has 0 fully saturated rings. The van der Waals surface area contributed by atoms with E-state index in [9.17, 15) is 14.9 Å². The lowest BCUT2D eigenvalue weighted by atomic mass is 10.1. The average Bonchev–Trinajstić information content (AvgIpc) is 2.91. The van der Waals surface area contributed by atoms with Crippen molar-refractivity contribution in [1.29, 1.82) is 0 Å². The predicted molar refractivity (Wildman–Crippen MR) is 95.9 cm³/mol. The third-order valence-corrected chi connectivity index (χ3v) is 4.30. The lowest BCUT2D eigenvalue weighted by Gasteiger charge is -2.08. The van der Waals surface area contributed by atoms with Crippen LogP contribution in [-0.2, 0) is 11.3 Å². The number of halogens is 1. The molecule has 128 valence electrons. The van der Waals surface area contributed by atoms with E-state index in [0.29, 0.717) is 5.69 Å². The number of hydrogen-bond donors (Lipinski definition) is 1. The predicted octanol–water partition coefficient (Wildman–Crippen LogP) is 3.85. The number of nitro groups is 1. The highest BCUT2D eigenvalue weighted by Crippen LogP contribution is 2.27. The Morgan fingerprint density at radius 3 is 2.72 bits per heavy atom. The molecule has 0 saturated carbocycles. The lowest BCUT2D eigenvalue weighted by Crippen LogP contribution is -2.18. The number of aryl methyl sites for hydroxylation is 2. The fourth-order valence-corrected chi connectivity index (χ4v) is 2.71. The van der Waals surface area contributed by atoms with Crippen molar-refractivity contribution >= 4 is 39.9 Å². The van der Waals surface area contributed by atoms with Crippen LogP contribution in [0.25, 0.3) is 11.0 Å². The third-order valence-electron chi connectivity index (χ3n) is 3.98. The average molecular weight is 359 g/mol. The first-order valence-corrected chi connectivity index (χ1v) is 7.89. The molecule has 3 aromatic rings. The van der Waals surface area contributed by atoms with Gasteiger partial charge in [0.2, 0.25) is 5.91 Å². The second-order valence-electron chi connectivity index (χ2n) is 5.77. The summed E-state index contributed by atoms with van der Waals surface area (Å²) >= 11 is 5.77. The number of nitrogens with one attached hydrogen (secondary N) is 1. The lowest BCUT2D eigenvalue weighted by molar-refractivity contribution is -0.384. The topological polar surface area (TPSA) is 90.1 Å². The van der Waals surface area contributed by atoms with Crippen LogP contribution >= 0.6 is 11.6 Å². The normalized spacial score (nSPS) is 10.8. The van der Waals surface area contributed by atoms with Gasteiger partial charge in [-0.3, -0.25) is 14.9 Å². The number of hydrogen-bond acceptors (Lipinski definition) is 4. The van der Waals surface area contributed by atoms with Gasteiger partial charge in [-0.1, -0.05) is 11.6 Å². The van der Waals surface area contributed by atoms with Gasteiger partial charge >= 0.3 is 0 Å². The number of aromatic nitrogens is 2. The van der Waals surface area contributed by atoms with Crippen molar-refractivity contribution in [2.45, 2.75) is 20.4 Å². The van der Waals surface area contributed by atoms with E-state index in [1.165, 1.54) is 18.2 Å². The molecule has 0 saturated heterocycles. The van der Waals surface area contributed by atoms with Crippen molar-refractivity contribution in [3.63, 3.8) is 0 Å². The minimum atomic E-state index is -0.591. The summed E-state index contributed by atoms with van der Waals surface area (Å²) in [5, 5.41) is 13.6. The zero-order valence-electron chi connectivity index (χ0n) is 13.6. The van der Waals surface area contributed by atoms with Crippen molar-refractivity contribution in [3.05, 3.63) is 62.9 Å². The highest BCUT2D eigenvalue weighted by molar-refractivity contribution is 6.32. The molecule has 25 heavy (non-hydrogen) atoms. The van der Waals surface area contributed by atoms with Crippen molar-refractivity contribution < 1.29 is 9.72 Å². The van der Waals surface area contributed by atoms with Crippen LogP contribution in [-0.4, -0.2) is 20.4 Å². The number of anilines is 1. The molecule has 0 bridgehead atoms. The summed E-state index contributed by atoms with van der Waals surface area (Å²) in [5.41, 5.74) is 3.99. The number of benzene rings is 2. The van der Waals surface area contributed by atoms with E-state index in [1.807, 2.05) is 26.0 Å². The number of nitro benzene ring substituents is 1. The first-order chi connectivity index (χ1) is 11.8. The molecule has 0 aliphatic rings. The van der Waals surface area contributed by atoms with Crippen LogP contribution in [0.15, 0.2) is 36.7 Å². The largest absolute Gasteiger partial charge is 0.324 e. The molecule has 3 rings (SSSR count). The maximum Gasteiger partial charge on any atom is 0.289 e. The van der Waals surface area contributed by atoms with Crippen LogP contribution in [0.2, 0.25) is 5.02 Å². The highest BCUT2D eigenvalue weighted by atomic mass is 35.5. The number of imidazole rings is 1. The first kappa shape index (κ1) is 16.9. The number of carbonyl (C=O) groups is 1. The van der Waals surface area contributed by atoms with Crippen molar-refractivity contribution in [2.24, 2.45) is 0 Å². The third kappa shape index (κ3) is 3.46. The van der Waals surface area contributed by atoms with E-state index in [1.54, 1.807) is 10.9 Å². The maximum atomic E-state index is 12.3. The highest BCUT2D eigenvalue weighted by Gasteiger charge is 2.14. The van der Waals surface area contributed by atoms with Crippen molar-refractivity contribution in [2.75, 3.05) is 5.32 Å². The van der Waals surface area contributed by atoms with E-state index < -0.39 is 4.92 Å². The Labute approximate surface area is 148 Å². The number of carbonyl (C=O) groups excluding carboxylic acids is 1. The summed E-state index contributed by atoms with van der Waals surface area (Å²) in [6, 6.07) is 8.10. The standard InChI is InChI=1S/C17H15ClN4O3/c1-10-5-14-16(6-11(10)2)21(9-19-14)8-17(23)20-12-3-4-13(18)15(7-12)22(24)25/h3-7,9H,8H2,1-2H3,(H,20,23). The van der Waals surface area contributed by atoms with E-state index >= 15 is 0 Å². The van der Waals surface area contributed by atoms with Crippen LogP contribution < -0.4 is 5.32 Å². The van der Waals surface area contributed by atoms with Crippen molar-refractivity contribution in [1.82, 2.24) is 9.55 Å². The molecule has 1 heterocycles. The Hall–Kier alpha value is -2.93. The molecule has 1 aromatic heterocycles.